The molecule has 20 heavy (non-hydrogen) atoms. The predicted molar refractivity (Wildman–Crippen MR) is 81.1 cm³/mol. The molecule has 1 aliphatic carbocycles. The van der Waals surface area contributed by atoms with Crippen molar-refractivity contribution in [3.63, 3.8) is 0 Å². The van der Waals surface area contributed by atoms with Gasteiger partial charge < -0.3 is 9.47 Å². The number of morpholine rings is 1. The molecule has 0 spiro atoms. The molecule has 1 aromatic carbocycles. The van der Waals surface area contributed by atoms with Crippen molar-refractivity contribution in [1.29, 1.82) is 0 Å². The van der Waals surface area contributed by atoms with Crippen LogP contribution in [0.3, 0.4) is 0 Å². The Morgan fingerprint density at radius 3 is 3.15 bits per heavy atom. The highest BCUT2D eigenvalue weighted by Crippen LogP contribution is 2.29. The van der Waals surface area contributed by atoms with E-state index in [0.29, 0.717) is 12.6 Å². The topological polar surface area (TPSA) is 21.7 Å². The summed E-state index contributed by atoms with van der Waals surface area (Å²) in [5, 5.41) is 0. The Hall–Kier alpha value is -1.32. The van der Waals surface area contributed by atoms with E-state index in [1.807, 2.05) is 0 Å². The van der Waals surface area contributed by atoms with Crippen molar-refractivity contribution in [2.75, 3.05) is 26.3 Å². The van der Waals surface area contributed by atoms with Gasteiger partial charge in [0.2, 0.25) is 0 Å². The lowest BCUT2D eigenvalue weighted by molar-refractivity contribution is -0.0564. The lowest BCUT2D eigenvalue weighted by Gasteiger charge is -2.35. The Balaban J connectivity index is 1.60. The monoisotopic (exact) mass is 273 g/mol. The van der Waals surface area contributed by atoms with Crippen LogP contribution in [-0.4, -0.2) is 43.3 Å². The van der Waals surface area contributed by atoms with Crippen molar-refractivity contribution in [3.8, 4) is 5.75 Å². The Morgan fingerprint density at radius 2 is 2.30 bits per heavy atom. The van der Waals surface area contributed by atoms with Crippen LogP contribution in [0.15, 0.2) is 24.3 Å². The number of fused-ring (bicyclic) bond motifs is 1. The van der Waals surface area contributed by atoms with Crippen LogP contribution in [0.4, 0.5) is 0 Å². The van der Waals surface area contributed by atoms with Crippen LogP contribution >= 0.6 is 0 Å². The van der Waals surface area contributed by atoms with Crippen LogP contribution in [0, 0.1) is 0 Å². The van der Waals surface area contributed by atoms with Gasteiger partial charge in [-0.05, 0) is 31.9 Å². The number of hydrogen-bond acceptors (Lipinski definition) is 3. The average Bonchev–Trinajstić information content (AvgIpc) is 2.94. The van der Waals surface area contributed by atoms with Crippen molar-refractivity contribution in [1.82, 2.24) is 4.90 Å². The number of benzene rings is 1. The van der Waals surface area contributed by atoms with E-state index in [4.69, 9.17) is 9.47 Å². The molecular weight excluding hydrogens is 250 g/mol. The van der Waals surface area contributed by atoms with E-state index in [1.54, 1.807) is 0 Å². The lowest BCUT2D eigenvalue weighted by Crippen LogP contribution is -2.47. The molecule has 0 saturated carbocycles. The Kier molecular flexibility index (Phi) is 4.08. The Bertz CT molecular complexity index is 496. The zero-order chi connectivity index (χ0) is 13.9. The van der Waals surface area contributed by atoms with Crippen LogP contribution < -0.4 is 4.74 Å². The molecule has 1 unspecified atom stereocenters. The van der Waals surface area contributed by atoms with Crippen LogP contribution in [0.25, 0.3) is 6.08 Å². The average molecular weight is 273 g/mol. The second-order valence-corrected chi connectivity index (χ2v) is 5.83. The van der Waals surface area contributed by atoms with E-state index >= 15 is 0 Å². The summed E-state index contributed by atoms with van der Waals surface area (Å²) < 4.78 is 11.8. The van der Waals surface area contributed by atoms with Gasteiger partial charge in [0.05, 0.1) is 6.61 Å². The first-order valence-electron chi connectivity index (χ1n) is 7.51. The molecule has 2 aliphatic rings. The van der Waals surface area contributed by atoms with Crippen LogP contribution in [0.2, 0.25) is 0 Å². The summed E-state index contributed by atoms with van der Waals surface area (Å²) in [6, 6.07) is 6.87. The highest BCUT2D eigenvalue weighted by atomic mass is 16.5. The van der Waals surface area contributed by atoms with Gasteiger partial charge >= 0.3 is 0 Å². The fourth-order valence-corrected chi connectivity index (χ4v) is 2.88. The largest absolute Gasteiger partial charge is 0.490 e. The summed E-state index contributed by atoms with van der Waals surface area (Å²) in [5.74, 6) is 0.988. The first-order valence-corrected chi connectivity index (χ1v) is 7.51. The van der Waals surface area contributed by atoms with E-state index in [0.717, 1.165) is 31.9 Å². The van der Waals surface area contributed by atoms with Crippen LogP contribution in [-0.2, 0) is 11.2 Å². The zero-order valence-electron chi connectivity index (χ0n) is 12.3. The normalized spacial score (nSPS) is 22.2. The minimum atomic E-state index is 0.174. The van der Waals surface area contributed by atoms with E-state index in [1.165, 1.54) is 11.1 Å². The molecular formula is C17H23NO2. The van der Waals surface area contributed by atoms with Gasteiger partial charge in [-0.2, -0.15) is 0 Å². The van der Waals surface area contributed by atoms with Gasteiger partial charge in [-0.25, -0.2) is 0 Å². The first-order chi connectivity index (χ1) is 9.74. The highest BCUT2D eigenvalue weighted by molar-refractivity contribution is 5.66. The molecule has 1 aromatic rings. The van der Waals surface area contributed by atoms with Crippen LogP contribution in [0.1, 0.15) is 25.0 Å². The molecule has 0 amide bonds. The molecule has 0 bridgehead atoms. The summed E-state index contributed by atoms with van der Waals surface area (Å²) >= 11 is 0. The van der Waals surface area contributed by atoms with Gasteiger partial charge in [0.1, 0.15) is 18.5 Å². The van der Waals surface area contributed by atoms with Crippen molar-refractivity contribution in [2.24, 2.45) is 0 Å². The van der Waals surface area contributed by atoms with Crippen molar-refractivity contribution >= 4 is 6.08 Å². The van der Waals surface area contributed by atoms with Gasteiger partial charge in [0, 0.05) is 24.7 Å². The van der Waals surface area contributed by atoms with Gasteiger partial charge in [0.15, 0.2) is 0 Å². The molecule has 0 N–H and O–H groups in total. The highest BCUT2D eigenvalue weighted by Gasteiger charge is 2.23. The predicted octanol–water partition coefficient (Wildman–Crippen LogP) is 2.74. The molecule has 1 saturated heterocycles. The fraction of sp³-hybridized carbons (Fsp3) is 0.529. The van der Waals surface area contributed by atoms with Gasteiger partial charge in [-0.15, -0.1) is 0 Å². The molecule has 1 heterocycles. The second kappa shape index (κ2) is 5.98. The third kappa shape index (κ3) is 2.89. The molecule has 108 valence electrons. The summed E-state index contributed by atoms with van der Waals surface area (Å²) in [6.45, 7) is 7.89. The zero-order valence-corrected chi connectivity index (χ0v) is 12.3. The molecule has 0 radical (unpaired) electrons. The quantitative estimate of drug-likeness (QED) is 0.842. The van der Waals surface area contributed by atoms with Gasteiger partial charge in [-0.3, -0.25) is 4.90 Å². The van der Waals surface area contributed by atoms with Gasteiger partial charge in [0.25, 0.3) is 0 Å². The smallest absolute Gasteiger partial charge is 0.126 e. The first kappa shape index (κ1) is 13.7. The number of allylic oxidation sites excluding steroid dienone is 1. The van der Waals surface area contributed by atoms with E-state index < -0.39 is 0 Å². The summed E-state index contributed by atoms with van der Waals surface area (Å²) in [5.41, 5.74) is 2.60. The Labute approximate surface area is 121 Å². The second-order valence-electron chi connectivity index (χ2n) is 5.83. The third-order valence-corrected chi connectivity index (χ3v) is 4.10. The molecule has 1 fully saturated rings. The lowest BCUT2D eigenvalue weighted by atomic mass is 10.1. The fourth-order valence-electron chi connectivity index (χ4n) is 2.88. The number of rotatable bonds is 4. The molecule has 1 atom stereocenters. The minimum absolute atomic E-state index is 0.174. The SMILES string of the molecule is CC(C)N1CCOC(COc2cccc3c2C=CC3)C1. The molecule has 3 nitrogen and oxygen atoms in total. The Morgan fingerprint density at radius 1 is 1.40 bits per heavy atom. The van der Waals surface area contributed by atoms with Crippen LogP contribution in [0.5, 0.6) is 5.75 Å². The maximum Gasteiger partial charge on any atom is 0.126 e. The third-order valence-electron chi connectivity index (χ3n) is 4.10. The number of nitrogens with zero attached hydrogens (tertiary/aromatic N) is 1. The van der Waals surface area contributed by atoms with Crippen molar-refractivity contribution in [3.05, 3.63) is 35.4 Å². The molecule has 1 aliphatic heterocycles. The summed E-state index contributed by atoms with van der Waals surface area (Å²) in [7, 11) is 0. The maximum atomic E-state index is 6.01. The minimum Gasteiger partial charge on any atom is -0.490 e. The maximum absolute atomic E-state index is 6.01. The molecule has 0 aromatic heterocycles. The number of ether oxygens (including phenoxy) is 2. The van der Waals surface area contributed by atoms with Crippen molar-refractivity contribution in [2.45, 2.75) is 32.4 Å². The molecule has 3 rings (SSSR count). The summed E-state index contributed by atoms with van der Waals surface area (Å²) in [4.78, 5) is 2.45. The summed E-state index contributed by atoms with van der Waals surface area (Å²) in [6.07, 6.45) is 5.54. The van der Waals surface area contributed by atoms with Crippen molar-refractivity contribution < 1.29 is 9.47 Å². The van der Waals surface area contributed by atoms with E-state index in [9.17, 15) is 0 Å². The number of hydrogen-bond donors (Lipinski definition) is 0. The molecule has 3 heteroatoms. The van der Waals surface area contributed by atoms with E-state index in [-0.39, 0.29) is 6.10 Å². The van der Waals surface area contributed by atoms with Gasteiger partial charge in [-0.1, -0.05) is 24.3 Å². The van der Waals surface area contributed by atoms with E-state index in [2.05, 4.69) is 49.1 Å². The standard InChI is InChI=1S/C17H23NO2/c1-13(2)18-9-10-19-15(11-18)12-20-17-8-4-6-14-5-3-7-16(14)17/h3-4,6-8,13,15H,5,9-12H2,1-2H3.